The van der Waals surface area contributed by atoms with Crippen LogP contribution in [0, 0.1) is 0 Å². The minimum atomic E-state index is -0.537. The molecule has 0 unspecified atom stereocenters. The van der Waals surface area contributed by atoms with Crippen molar-refractivity contribution in [1.82, 2.24) is 0 Å². The van der Waals surface area contributed by atoms with Gasteiger partial charge in [0, 0.05) is 0 Å². The fraction of sp³-hybridized carbons (Fsp3) is 0.0833. The molecule has 0 saturated carbocycles. The Morgan fingerprint density at radius 2 is 0.857 bits per heavy atom. The van der Waals surface area contributed by atoms with Gasteiger partial charge in [0.15, 0.2) is 0 Å². The summed E-state index contributed by atoms with van der Waals surface area (Å²) in [6, 6.07) is 16.3. The normalized spacial score (nSPS) is 12.2. The van der Waals surface area contributed by atoms with E-state index in [1.165, 1.54) is 19.6 Å². The van der Waals surface area contributed by atoms with Crippen LogP contribution in [0.1, 0.15) is 20.7 Å². The zero-order valence-electron chi connectivity index (χ0n) is 15.3. The predicted molar refractivity (Wildman–Crippen MR) is 110 cm³/mol. The summed E-state index contributed by atoms with van der Waals surface area (Å²) in [5.74, 6) is -1.07. The average molecular weight is 366 g/mol. The molecule has 0 heterocycles. The largest absolute Gasteiger partial charge is 0.465 e. The van der Waals surface area contributed by atoms with E-state index in [1.807, 2.05) is 24.3 Å². The van der Waals surface area contributed by atoms with Crippen molar-refractivity contribution in [2.75, 3.05) is 14.2 Å². The second-order valence-electron chi connectivity index (χ2n) is 7.13. The minimum absolute atomic E-state index is 0.267. The van der Waals surface area contributed by atoms with Crippen LogP contribution in [0.4, 0.5) is 0 Å². The van der Waals surface area contributed by atoms with Gasteiger partial charge in [0.1, 0.15) is 0 Å². The van der Waals surface area contributed by atoms with Crippen molar-refractivity contribution in [2.45, 2.75) is 0 Å². The second-order valence-corrected chi connectivity index (χ2v) is 7.13. The molecule has 0 radical (unpaired) electrons. The van der Waals surface area contributed by atoms with Crippen LogP contribution in [0.3, 0.4) is 0 Å². The fourth-order valence-corrected chi connectivity index (χ4v) is 4.88. The van der Waals surface area contributed by atoms with Gasteiger partial charge >= 0.3 is 11.9 Å². The zero-order valence-corrected chi connectivity index (χ0v) is 15.3. The van der Waals surface area contributed by atoms with E-state index in [9.17, 15) is 9.59 Å². The molecule has 0 bridgehead atoms. The number of benzene rings is 5. The van der Waals surface area contributed by atoms with Crippen LogP contribution in [0.2, 0.25) is 0 Å². The third kappa shape index (κ3) is 1.58. The van der Waals surface area contributed by atoms with Crippen LogP contribution in [-0.4, -0.2) is 26.2 Å². The average Bonchev–Trinajstić information content (AvgIpc) is 3.11. The monoisotopic (exact) mass is 366 g/mol. The number of rotatable bonds is 2. The Balaban J connectivity index is 2.05. The third-order valence-electron chi connectivity index (χ3n) is 5.97. The maximum atomic E-state index is 12.8. The Hall–Kier alpha value is -3.66. The van der Waals surface area contributed by atoms with E-state index in [2.05, 4.69) is 24.3 Å². The molecule has 0 aliphatic rings. The lowest BCUT2D eigenvalue weighted by Crippen LogP contribution is -2.13. The molecule has 0 aromatic heterocycles. The fourth-order valence-electron chi connectivity index (χ4n) is 4.88. The van der Waals surface area contributed by atoms with Gasteiger partial charge in [-0.15, -0.1) is 0 Å². The number of hydrogen-bond donors (Lipinski definition) is 0. The smallest absolute Gasteiger partial charge is 0.339 e. The SMILES string of the molecule is COC(=O)c1c(C(=O)OC)c2ccc3ccc4ccc5ccc1c1c5c4c3c21. The van der Waals surface area contributed by atoms with Gasteiger partial charge in [-0.3, -0.25) is 0 Å². The Bertz CT molecular complexity index is 1450. The molecule has 4 nitrogen and oxygen atoms in total. The van der Waals surface area contributed by atoms with E-state index >= 15 is 0 Å². The van der Waals surface area contributed by atoms with Crippen molar-refractivity contribution in [3.8, 4) is 0 Å². The number of esters is 2. The van der Waals surface area contributed by atoms with Crippen LogP contribution in [-0.2, 0) is 9.47 Å². The first-order chi connectivity index (χ1) is 13.7. The highest BCUT2D eigenvalue weighted by Crippen LogP contribution is 2.50. The van der Waals surface area contributed by atoms with E-state index < -0.39 is 11.9 Å². The van der Waals surface area contributed by atoms with Crippen molar-refractivity contribution in [1.29, 1.82) is 0 Å². The lowest BCUT2D eigenvalue weighted by Gasteiger charge is -2.14. The molecule has 0 saturated heterocycles. The summed E-state index contributed by atoms with van der Waals surface area (Å²) in [7, 11) is 2.66. The molecule has 28 heavy (non-hydrogen) atoms. The zero-order chi connectivity index (χ0) is 19.2. The highest BCUT2D eigenvalue weighted by Gasteiger charge is 2.30. The van der Waals surface area contributed by atoms with E-state index in [4.69, 9.17) is 9.47 Å². The Morgan fingerprint density at radius 1 is 0.536 bits per heavy atom. The van der Waals surface area contributed by atoms with Crippen LogP contribution in [0.15, 0.2) is 48.5 Å². The van der Waals surface area contributed by atoms with Crippen LogP contribution in [0.5, 0.6) is 0 Å². The molecule has 0 spiro atoms. The molecule has 0 amide bonds. The maximum Gasteiger partial charge on any atom is 0.339 e. The van der Waals surface area contributed by atoms with Crippen molar-refractivity contribution >= 4 is 65.8 Å². The van der Waals surface area contributed by atoms with Gasteiger partial charge in [-0.2, -0.15) is 0 Å². The third-order valence-corrected chi connectivity index (χ3v) is 5.97. The maximum absolute atomic E-state index is 12.8. The molecule has 0 aliphatic carbocycles. The summed E-state index contributed by atoms with van der Waals surface area (Å²) in [6.45, 7) is 0. The molecule has 4 heteroatoms. The summed E-state index contributed by atoms with van der Waals surface area (Å²) in [4.78, 5) is 25.5. The molecule has 6 aromatic carbocycles. The topological polar surface area (TPSA) is 52.6 Å². The Kier molecular flexibility index (Phi) is 2.74. The molecular formula is C24H14O4. The number of carbonyl (C=O) groups is 2. The Morgan fingerprint density at radius 3 is 1.21 bits per heavy atom. The summed E-state index contributed by atoms with van der Waals surface area (Å²) < 4.78 is 10.1. The quantitative estimate of drug-likeness (QED) is 0.307. The summed E-state index contributed by atoms with van der Waals surface area (Å²) >= 11 is 0. The molecule has 0 fully saturated rings. The Labute approximate surface area is 159 Å². The van der Waals surface area contributed by atoms with Crippen molar-refractivity contribution in [3.63, 3.8) is 0 Å². The van der Waals surface area contributed by atoms with E-state index in [-0.39, 0.29) is 11.1 Å². The molecule has 134 valence electrons. The summed E-state index contributed by atoms with van der Waals surface area (Å²) in [5.41, 5.74) is 0.533. The van der Waals surface area contributed by atoms with Crippen molar-refractivity contribution < 1.29 is 19.1 Å². The molecule has 0 N–H and O–H groups in total. The number of methoxy groups -OCH3 is 2. The molecule has 0 aliphatic heterocycles. The molecule has 6 rings (SSSR count). The van der Waals surface area contributed by atoms with Crippen LogP contribution < -0.4 is 0 Å². The summed E-state index contributed by atoms with van der Waals surface area (Å²) in [5, 5.41) is 10.3. The van der Waals surface area contributed by atoms with Crippen LogP contribution in [0.25, 0.3) is 53.9 Å². The predicted octanol–water partition coefficient (Wildman–Crippen LogP) is 5.34. The van der Waals surface area contributed by atoms with Crippen molar-refractivity contribution in [3.05, 3.63) is 59.7 Å². The van der Waals surface area contributed by atoms with E-state index in [0.717, 1.165) is 48.5 Å². The number of hydrogen-bond acceptors (Lipinski definition) is 4. The first kappa shape index (κ1) is 15.4. The first-order valence-corrected chi connectivity index (χ1v) is 9.03. The summed E-state index contributed by atoms with van der Waals surface area (Å²) in [6.07, 6.45) is 0. The van der Waals surface area contributed by atoms with Gasteiger partial charge in [0.25, 0.3) is 0 Å². The van der Waals surface area contributed by atoms with Gasteiger partial charge < -0.3 is 9.47 Å². The van der Waals surface area contributed by atoms with E-state index in [0.29, 0.717) is 0 Å². The molecule has 0 atom stereocenters. The second kappa shape index (κ2) is 4.98. The van der Waals surface area contributed by atoms with Crippen LogP contribution >= 0.6 is 0 Å². The van der Waals surface area contributed by atoms with Gasteiger partial charge in [-0.25, -0.2) is 9.59 Å². The molecule has 6 aromatic rings. The van der Waals surface area contributed by atoms with Gasteiger partial charge in [0.2, 0.25) is 0 Å². The van der Waals surface area contributed by atoms with Gasteiger partial charge in [0.05, 0.1) is 25.3 Å². The molecular weight excluding hydrogens is 352 g/mol. The standard InChI is InChI=1S/C24H14O4/c1-27-23(25)21-14-9-7-12-5-3-11-4-6-13-8-10-15(22(21)24(26)28-2)20-18(13)16(11)17(12)19(14)20/h3-10H,1-2H3. The first-order valence-electron chi connectivity index (χ1n) is 9.03. The highest BCUT2D eigenvalue weighted by atomic mass is 16.5. The number of ether oxygens (including phenoxy) is 2. The van der Waals surface area contributed by atoms with Crippen molar-refractivity contribution in [2.24, 2.45) is 0 Å². The minimum Gasteiger partial charge on any atom is -0.465 e. The lowest BCUT2D eigenvalue weighted by atomic mass is 9.90. The number of carbonyl (C=O) groups excluding carboxylic acids is 2. The lowest BCUT2D eigenvalue weighted by molar-refractivity contribution is 0.0559. The van der Waals surface area contributed by atoms with E-state index in [1.54, 1.807) is 0 Å². The van der Waals surface area contributed by atoms with Gasteiger partial charge in [-0.05, 0) is 53.9 Å². The highest BCUT2D eigenvalue weighted by molar-refractivity contribution is 6.46. The van der Waals surface area contributed by atoms with Gasteiger partial charge in [-0.1, -0.05) is 48.5 Å².